The average molecular weight is 201 g/mol. The second-order valence-corrected chi connectivity index (χ2v) is 4.54. The maximum Gasteiger partial charge on any atom is 0.305 e. The van der Waals surface area contributed by atoms with Crippen LogP contribution in [0, 0.1) is 5.92 Å². The molecule has 1 fully saturated rings. The largest absolute Gasteiger partial charge is 0.481 e. The summed E-state index contributed by atoms with van der Waals surface area (Å²) in [6.45, 7) is 4.71. The first kappa shape index (κ1) is 11.5. The van der Waals surface area contributed by atoms with Gasteiger partial charge in [-0.1, -0.05) is 13.8 Å². The second kappa shape index (κ2) is 4.28. The number of aliphatic carboxylic acids is 1. The Morgan fingerprint density at radius 2 is 2.36 bits per heavy atom. The van der Waals surface area contributed by atoms with Crippen molar-refractivity contribution >= 4 is 5.97 Å². The Balaban J connectivity index is 2.57. The van der Waals surface area contributed by atoms with E-state index >= 15 is 0 Å². The van der Waals surface area contributed by atoms with Gasteiger partial charge in [0.15, 0.2) is 0 Å². The minimum absolute atomic E-state index is 0.0412. The molecule has 4 nitrogen and oxygen atoms in total. The summed E-state index contributed by atoms with van der Waals surface area (Å²) in [6.07, 6.45) is 1.44. The zero-order valence-electron chi connectivity index (χ0n) is 8.82. The lowest BCUT2D eigenvalue weighted by Crippen LogP contribution is -2.50. The number of carboxylic acid groups (broad SMARTS) is 1. The molecule has 14 heavy (non-hydrogen) atoms. The van der Waals surface area contributed by atoms with E-state index in [1.165, 1.54) is 0 Å². The van der Waals surface area contributed by atoms with Crippen LogP contribution in [0.4, 0.5) is 0 Å². The zero-order valence-corrected chi connectivity index (χ0v) is 8.82. The van der Waals surface area contributed by atoms with Crippen LogP contribution in [-0.2, 0) is 9.53 Å². The SMILES string of the molecule is CC(C)C1CC(N)(CC(=O)O)CCO1. The van der Waals surface area contributed by atoms with Crippen LogP contribution in [0.1, 0.15) is 33.1 Å². The summed E-state index contributed by atoms with van der Waals surface area (Å²) in [5, 5.41) is 8.73. The summed E-state index contributed by atoms with van der Waals surface area (Å²) in [5.74, 6) is -0.427. The maximum absolute atomic E-state index is 10.6. The molecular weight excluding hydrogens is 182 g/mol. The lowest BCUT2D eigenvalue weighted by Gasteiger charge is -2.38. The van der Waals surface area contributed by atoms with Crippen molar-refractivity contribution in [2.75, 3.05) is 6.61 Å². The summed E-state index contributed by atoms with van der Waals surface area (Å²) in [5.41, 5.74) is 5.46. The van der Waals surface area contributed by atoms with E-state index in [0.717, 1.165) is 0 Å². The molecule has 3 N–H and O–H groups in total. The molecule has 1 aliphatic rings. The Kier molecular flexibility index (Phi) is 3.50. The van der Waals surface area contributed by atoms with Crippen LogP contribution in [-0.4, -0.2) is 29.3 Å². The minimum atomic E-state index is -0.822. The van der Waals surface area contributed by atoms with Crippen LogP contribution >= 0.6 is 0 Å². The highest BCUT2D eigenvalue weighted by Crippen LogP contribution is 2.28. The Labute approximate surface area is 84.4 Å². The molecule has 0 saturated carbocycles. The molecule has 0 spiro atoms. The molecule has 0 amide bonds. The average Bonchev–Trinajstić information content (AvgIpc) is 2.01. The van der Waals surface area contributed by atoms with Crippen molar-refractivity contribution in [3.05, 3.63) is 0 Å². The zero-order chi connectivity index (χ0) is 10.8. The molecule has 0 aromatic rings. The van der Waals surface area contributed by atoms with Crippen LogP contribution in [0.5, 0.6) is 0 Å². The molecule has 82 valence electrons. The van der Waals surface area contributed by atoms with Crippen LogP contribution in [0.15, 0.2) is 0 Å². The third-order valence-electron chi connectivity index (χ3n) is 2.79. The molecule has 2 unspecified atom stereocenters. The molecule has 0 radical (unpaired) electrons. The first-order valence-corrected chi connectivity index (χ1v) is 5.05. The molecule has 0 aliphatic carbocycles. The standard InChI is InChI=1S/C10H19NO3/c1-7(2)8-5-10(11,3-4-14-8)6-9(12)13/h7-8H,3-6,11H2,1-2H3,(H,12,13). The van der Waals surface area contributed by atoms with E-state index < -0.39 is 11.5 Å². The Morgan fingerprint density at radius 3 is 2.86 bits per heavy atom. The van der Waals surface area contributed by atoms with Crippen molar-refractivity contribution in [3.63, 3.8) is 0 Å². The second-order valence-electron chi connectivity index (χ2n) is 4.54. The number of hydrogen-bond donors (Lipinski definition) is 2. The van der Waals surface area contributed by atoms with Gasteiger partial charge in [-0.2, -0.15) is 0 Å². The van der Waals surface area contributed by atoms with Gasteiger partial charge in [0, 0.05) is 12.1 Å². The molecule has 2 atom stereocenters. The molecule has 0 aromatic heterocycles. The Hall–Kier alpha value is -0.610. The number of carboxylic acids is 1. The lowest BCUT2D eigenvalue weighted by atomic mass is 9.82. The number of ether oxygens (including phenoxy) is 1. The van der Waals surface area contributed by atoms with Gasteiger partial charge < -0.3 is 15.6 Å². The summed E-state index contributed by atoms with van der Waals surface area (Å²) in [4.78, 5) is 10.6. The number of hydrogen-bond acceptors (Lipinski definition) is 3. The summed E-state index contributed by atoms with van der Waals surface area (Å²) in [6, 6.07) is 0. The normalized spacial score (nSPS) is 33.3. The maximum atomic E-state index is 10.6. The highest BCUT2D eigenvalue weighted by atomic mass is 16.5. The lowest BCUT2D eigenvalue weighted by molar-refractivity contribution is -0.140. The number of carbonyl (C=O) groups is 1. The first-order chi connectivity index (χ1) is 6.43. The van der Waals surface area contributed by atoms with E-state index in [2.05, 4.69) is 13.8 Å². The quantitative estimate of drug-likeness (QED) is 0.714. The molecule has 0 aromatic carbocycles. The number of nitrogens with two attached hydrogens (primary N) is 1. The molecule has 4 heteroatoms. The predicted octanol–water partition coefficient (Wildman–Crippen LogP) is 0.994. The highest BCUT2D eigenvalue weighted by molar-refractivity contribution is 5.68. The topological polar surface area (TPSA) is 72.6 Å². The fourth-order valence-corrected chi connectivity index (χ4v) is 1.87. The van der Waals surface area contributed by atoms with Crippen molar-refractivity contribution in [3.8, 4) is 0 Å². The first-order valence-electron chi connectivity index (χ1n) is 5.05. The minimum Gasteiger partial charge on any atom is -0.481 e. The van der Waals surface area contributed by atoms with Crippen molar-refractivity contribution in [1.29, 1.82) is 0 Å². The van der Waals surface area contributed by atoms with Crippen molar-refractivity contribution < 1.29 is 14.6 Å². The molecular formula is C10H19NO3. The third kappa shape index (κ3) is 2.96. The Morgan fingerprint density at radius 1 is 1.71 bits per heavy atom. The van der Waals surface area contributed by atoms with Gasteiger partial charge in [-0.05, 0) is 18.8 Å². The van der Waals surface area contributed by atoms with E-state index in [1.54, 1.807) is 0 Å². The highest BCUT2D eigenvalue weighted by Gasteiger charge is 2.36. The van der Waals surface area contributed by atoms with Gasteiger partial charge in [-0.15, -0.1) is 0 Å². The summed E-state index contributed by atoms with van der Waals surface area (Å²) in [7, 11) is 0. The van der Waals surface area contributed by atoms with Crippen LogP contribution in [0.2, 0.25) is 0 Å². The van der Waals surface area contributed by atoms with Gasteiger partial charge in [0.05, 0.1) is 12.5 Å². The molecule has 1 heterocycles. The van der Waals surface area contributed by atoms with Gasteiger partial charge in [-0.25, -0.2) is 0 Å². The predicted molar refractivity (Wildman–Crippen MR) is 53.0 cm³/mol. The van der Waals surface area contributed by atoms with Crippen molar-refractivity contribution in [2.45, 2.75) is 44.8 Å². The van der Waals surface area contributed by atoms with Gasteiger partial charge in [-0.3, -0.25) is 4.79 Å². The van der Waals surface area contributed by atoms with Gasteiger partial charge in [0.25, 0.3) is 0 Å². The van der Waals surface area contributed by atoms with E-state index in [1.807, 2.05) is 0 Å². The smallest absolute Gasteiger partial charge is 0.305 e. The fourth-order valence-electron chi connectivity index (χ4n) is 1.87. The van der Waals surface area contributed by atoms with Crippen LogP contribution in [0.25, 0.3) is 0 Å². The van der Waals surface area contributed by atoms with Crippen LogP contribution in [0.3, 0.4) is 0 Å². The van der Waals surface area contributed by atoms with E-state index in [9.17, 15) is 4.79 Å². The Bertz CT molecular complexity index is 217. The van der Waals surface area contributed by atoms with E-state index in [-0.39, 0.29) is 12.5 Å². The fraction of sp³-hybridized carbons (Fsp3) is 0.900. The van der Waals surface area contributed by atoms with Crippen molar-refractivity contribution in [1.82, 2.24) is 0 Å². The number of rotatable bonds is 3. The third-order valence-corrected chi connectivity index (χ3v) is 2.79. The van der Waals surface area contributed by atoms with Crippen molar-refractivity contribution in [2.24, 2.45) is 11.7 Å². The monoisotopic (exact) mass is 201 g/mol. The van der Waals surface area contributed by atoms with Gasteiger partial charge in [0.2, 0.25) is 0 Å². The van der Waals surface area contributed by atoms with E-state index in [4.69, 9.17) is 15.6 Å². The molecule has 1 rings (SSSR count). The van der Waals surface area contributed by atoms with Gasteiger partial charge in [0.1, 0.15) is 0 Å². The van der Waals surface area contributed by atoms with Gasteiger partial charge >= 0.3 is 5.97 Å². The van der Waals surface area contributed by atoms with E-state index in [0.29, 0.717) is 25.4 Å². The summed E-state index contributed by atoms with van der Waals surface area (Å²) < 4.78 is 5.54. The molecule has 1 aliphatic heterocycles. The molecule has 1 saturated heterocycles. The van der Waals surface area contributed by atoms with Crippen LogP contribution < -0.4 is 5.73 Å². The summed E-state index contributed by atoms with van der Waals surface area (Å²) >= 11 is 0. The molecule has 0 bridgehead atoms.